The van der Waals surface area contributed by atoms with Crippen molar-refractivity contribution in [2.24, 2.45) is 0 Å². The van der Waals surface area contributed by atoms with E-state index in [0.717, 1.165) is 15.7 Å². The maximum Gasteiger partial charge on any atom is 0.255 e. The molecule has 3 N–H and O–H groups in total. The number of anilines is 2. The van der Waals surface area contributed by atoms with Crippen molar-refractivity contribution in [2.45, 2.75) is 0 Å². The van der Waals surface area contributed by atoms with Crippen molar-refractivity contribution in [2.75, 3.05) is 11.1 Å². The average Bonchev–Trinajstić information content (AvgIpc) is 2.38. The number of amides is 1. The van der Waals surface area contributed by atoms with Crippen LogP contribution >= 0.6 is 22.6 Å². The number of benzene rings is 2. The maximum absolute atomic E-state index is 13.3. The van der Waals surface area contributed by atoms with Crippen molar-refractivity contribution in [3.8, 4) is 0 Å². The van der Waals surface area contributed by atoms with Gasteiger partial charge < -0.3 is 11.1 Å². The first-order chi connectivity index (χ1) is 8.99. The van der Waals surface area contributed by atoms with Gasteiger partial charge in [-0.05, 0) is 46.9 Å². The molecule has 0 atom stereocenters. The molecule has 0 aliphatic heterocycles. The smallest absolute Gasteiger partial charge is 0.255 e. The van der Waals surface area contributed by atoms with Crippen LogP contribution in [0.3, 0.4) is 0 Å². The number of carbonyl (C=O) groups is 1. The topological polar surface area (TPSA) is 55.1 Å². The van der Waals surface area contributed by atoms with E-state index < -0.39 is 23.2 Å². The van der Waals surface area contributed by atoms with Crippen LogP contribution in [0.5, 0.6) is 0 Å². The first-order valence-electron chi connectivity index (χ1n) is 5.29. The van der Waals surface area contributed by atoms with Crippen LogP contribution in [0.1, 0.15) is 10.4 Å². The van der Waals surface area contributed by atoms with Crippen molar-refractivity contribution in [1.29, 1.82) is 0 Å². The fourth-order valence-electron chi connectivity index (χ4n) is 1.47. The number of nitrogens with two attached hydrogens (primary N) is 1. The van der Waals surface area contributed by atoms with Crippen LogP contribution in [0.15, 0.2) is 36.4 Å². The largest absolute Gasteiger partial charge is 0.394 e. The lowest BCUT2D eigenvalue weighted by molar-refractivity contribution is 0.102. The second kappa shape index (κ2) is 5.52. The van der Waals surface area contributed by atoms with Gasteiger partial charge in [-0.25, -0.2) is 8.78 Å². The fourth-order valence-corrected chi connectivity index (χ4v) is 1.99. The Labute approximate surface area is 121 Å². The summed E-state index contributed by atoms with van der Waals surface area (Å²) in [4.78, 5) is 11.9. The van der Waals surface area contributed by atoms with Crippen LogP contribution in [0, 0.1) is 15.2 Å². The highest BCUT2D eigenvalue weighted by atomic mass is 127. The van der Waals surface area contributed by atoms with Gasteiger partial charge in [0.25, 0.3) is 5.91 Å². The van der Waals surface area contributed by atoms with E-state index in [4.69, 9.17) is 5.73 Å². The number of nitrogen functional groups attached to an aromatic ring is 1. The highest BCUT2D eigenvalue weighted by molar-refractivity contribution is 14.1. The molecule has 0 bridgehead atoms. The second-order valence-corrected chi connectivity index (χ2v) is 4.95. The normalized spacial score (nSPS) is 10.3. The first kappa shape index (κ1) is 13.7. The maximum atomic E-state index is 13.3. The van der Waals surface area contributed by atoms with Crippen molar-refractivity contribution < 1.29 is 13.6 Å². The summed E-state index contributed by atoms with van der Waals surface area (Å²) in [6.45, 7) is 0. The molecule has 2 aromatic carbocycles. The number of rotatable bonds is 2. The Morgan fingerprint density at radius 1 is 1.16 bits per heavy atom. The van der Waals surface area contributed by atoms with Crippen LogP contribution in [-0.4, -0.2) is 5.91 Å². The molecule has 0 unspecified atom stereocenters. The van der Waals surface area contributed by atoms with E-state index in [-0.39, 0.29) is 5.56 Å². The van der Waals surface area contributed by atoms with Gasteiger partial charge in [0.15, 0.2) is 0 Å². The van der Waals surface area contributed by atoms with E-state index in [1.165, 1.54) is 0 Å². The van der Waals surface area contributed by atoms with Gasteiger partial charge >= 0.3 is 0 Å². The standard InChI is InChI=1S/C13H9F2IN2O/c14-8-5-7(6-9(15)12(8)17)13(19)18-11-4-2-1-3-10(11)16/h1-6H,17H2,(H,18,19). The quantitative estimate of drug-likeness (QED) is 0.626. The summed E-state index contributed by atoms with van der Waals surface area (Å²) in [5.41, 5.74) is 5.01. The summed E-state index contributed by atoms with van der Waals surface area (Å²) in [5, 5.41) is 2.58. The predicted octanol–water partition coefficient (Wildman–Crippen LogP) is 3.40. The van der Waals surface area contributed by atoms with Gasteiger partial charge in [-0.2, -0.15) is 0 Å². The summed E-state index contributed by atoms with van der Waals surface area (Å²) in [6.07, 6.45) is 0. The van der Waals surface area contributed by atoms with Gasteiger partial charge in [-0.15, -0.1) is 0 Å². The van der Waals surface area contributed by atoms with Crippen LogP contribution < -0.4 is 11.1 Å². The molecule has 0 heterocycles. The third-order valence-corrected chi connectivity index (χ3v) is 3.40. The highest BCUT2D eigenvalue weighted by Crippen LogP contribution is 2.20. The number of hydrogen-bond donors (Lipinski definition) is 2. The van der Waals surface area contributed by atoms with Crippen molar-refractivity contribution >= 4 is 39.9 Å². The number of carbonyl (C=O) groups excluding carboxylic acids is 1. The molecule has 0 saturated heterocycles. The van der Waals surface area contributed by atoms with Gasteiger partial charge in [-0.3, -0.25) is 4.79 Å². The Bertz CT molecular complexity index is 623. The Balaban J connectivity index is 2.28. The van der Waals surface area contributed by atoms with Gasteiger partial charge in [0, 0.05) is 9.13 Å². The minimum absolute atomic E-state index is 0.121. The molecule has 98 valence electrons. The van der Waals surface area contributed by atoms with E-state index in [0.29, 0.717) is 5.69 Å². The SMILES string of the molecule is Nc1c(F)cc(C(=O)Nc2ccccc2I)cc1F. The third-order valence-electron chi connectivity index (χ3n) is 2.46. The summed E-state index contributed by atoms with van der Waals surface area (Å²) in [5.74, 6) is -2.50. The lowest BCUT2D eigenvalue weighted by atomic mass is 10.1. The molecule has 2 aromatic rings. The zero-order valence-electron chi connectivity index (χ0n) is 9.58. The zero-order chi connectivity index (χ0) is 14.0. The van der Waals surface area contributed by atoms with Crippen molar-refractivity contribution in [1.82, 2.24) is 0 Å². The summed E-state index contributed by atoms with van der Waals surface area (Å²) in [6, 6.07) is 8.89. The van der Waals surface area contributed by atoms with Crippen LogP contribution in [-0.2, 0) is 0 Å². The molecule has 1 amide bonds. The number of para-hydroxylation sites is 1. The Kier molecular flexibility index (Phi) is 3.98. The van der Waals surface area contributed by atoms with Crippen molar-refractivity contribution in [3.63, 3.8) is 0 Å². The molecular formula is C13H9F2IN2O. The Hall–Kier alpha value is -1.70. The molecule has 2 rings (SSSR count). The monoisotopic (exact) mass is 374 g/mol. The third kappa shape index (κ3) is 3.01. The van der Waals surface area contributed by atoms with Gasteiger partial charge in [0.2, 0.25) is 0 Å². The molecule has 0 aliphatic rings. The average molecular weight is 374 g/mol. The zero-order valence-corrected chi connectivity index (χ0v) is 11.7. The molecule has 0 saturated carbocycles. The van der Waals surface area contributed by atoms with E-state index in [1.54, 1.807) is 18.2 Å². The minimum atomic E-state index is -0.951. The number of halogens is 3. The van der Waals surface area contributed by atoms with Crippen LogP contribution in [0.2, 0.25) is 0 Å². The Morgan fingerprint density at radius 2 is 1.74 bits per heavy atom. The molecule has 6 heteroatoms. The minimum Gasteiger partial charge on any atom is -0.394 e. The van der Waals surface area contributed by atoms with E-state index in [9.17, 15) is 13.6 Å². The predicted molar refractivity (Wildman–Crippen MR) is 77.9 cm³/mol. The summed E-state index contributed by atoms with van der Waals surface area (Å²) in [7, 11) is 0. The molecule has 0 radical (unpaired) electrons. The van der Waals surface area contributed by atoms with E-state index in [2.05, 4.69) is 5.32 Å². The van der Waals surface area contributed by atoms with Gasteiger partial charge in [0.05, 0.1) is 5.69 Å². The molecule has 19 heavy (non-hydrogen) atoms. The number of nitrogens with one attached hydrogen (secondary N) is 1. The molecule has 3 nitrogen and oxygen atoms in total. The van der Waals surface area contributed by atoms with Crippen LogP contribution in [0.4, 0.5) is 20.2 Å². The first-order valence-corrected chi connectivity index (χ1v) is 6.37. The van der Waals surface area contributed by atoms with Gasteiger partial charge in [-0.1, -0.05) is 12.1 Å². The van der Waals surface area contributed by atoms with E-state index in [1.807, 2.05) is 28.7 Å². The summed E-state index contributed by atoms with van der Waals surface area (Å²) < 4.78 is 27.4. The molecule has 0 aliphatic carbocycles. The van der Waals surface area contributed by atoms with E-state index >= 15 is 0 Å². The molecule has 0 fully saturated rings. The summed E-state index contributed by atoms with van der Waals surface area (Å²) >= 11 is 2.05. The van der Waals surface area contributed by atoms with Crippen LogP contribution in [0.25, 0.3) is 0 Å². The number of hydrogen-bond acceptors (Lipinski definition) is 2. The molecule has 0 spiro atoms. The molecular weight excluding hydrogens is 365 g/mol. The Morgan fingerprint density at radius 3 is 2.32 bits per heavy atom. The van der Waals surface area contributed by atoms with Gasteiger partial charge in [0.1, 0.15) is 17.3 Å². The highest BCUT2D eigenvalue weighted by Gasteiger charge is 2.14. The lowest BCUT2D eigenvalue weighted by Gasteiger charge is -2.08. The second-order valence-electron chi connectivity index (χ2n) is 3.79. The fraction of sp³-hybridized carbons (Fsp3) is 0. The van der Waals surface area contributed by atoms with Crippen molar-refractivity contribution in [3.05, 3.63) is 57.2 Å². The molecule has 0 aromatic heterocycles. The lowest BCUT2D eigenvalue weighted by Crippen LogP contribution is -2.14.